The molecule has 0 spiro atoms. The smallest absolute Gasteiger partial charge is 0.423 e. The Bertz CT molecular complexity index is 499. The molecule has 0 unspecified atom stereocenters. The summed E-state index contributed by atoms with van der Waals surface area (Å²) in [6, 6.07) is 5.29. The van der Waals surface area contributed by atoms with Crippen molar-refractivity contribution in [2.24, 2.45) is 0 Å². The van der Waals surface area contributed by atoms with Crippen LogP contribution in [0, 0.1) is 0 Å². The number of hydrogen-bond donors (Lipinski definition) is 2. The highest BCUT2D eigenvalue weighted by atomic mass is 16.4. The van der Waals surface area contributed by atoms with E-state index in [1.807, 2.05) is 26.8 Å². The lowest BCUT2D eigenvalue weighted by molar-refractivity contribution is -0.120. The molecule has 2 N–H and O–H groups in total. The van der Waals surface area contributed by atoms with Gasteiger partial charge in [0.05, 0.1) is 0 Å². The summed E-state index contributed by atoms with van der Waals surface area (Å²) in [5.74, 6) is 0.136. The number of nitrogens with zero attached hydrogens (tertiary/aromatic N) is 1. The van der Waals surface area contributed by atoms with Crippen molar-refractivity contribution in [3.8, 4) is 0 Å². The highest BCUT2D eigenvalue weighted by Gasteiger charge is 2.36. The fourth-order valence-electron chi connectivity index (χ4n) is 2.66. The summed E-state index contributed by atoms with van der Waals surface area (Å²) >= 11 is 0. The highest BCUT2D eigenvalue weighted by molar-refractivity contribution is 6.58. The zero-order valence-electron chi connectivity index (χ0n) is 11.7. The number of carbonyl (C=O) groups is 1. The second-order valence-electron chi connectivity index (χ2n) is 5.76. The van der Waals surface area contributed by atoms with E-state index in [2.05, 4.69) is 0 Å². The molecule has 0 saturated heterocycles. The summed E-state index contributed by atoms with van der Waals surface area (Å²) in [6.45, 7) is 6.77. The Hall–Kier alpha value is -1.33. The molecule has 2 rings (SSSR count). The van der Waals surface area contributed by atoms with Crippen LogP contribution in [0.15, 0.2) is 18.2 Å². The van der Waals surface area contributed by atoms with Crippen LogP contribution in [0.5, 0.6) is 0 Å². The predicted octanol–water partition coefficient (Wildman–Crippen LogP) is 0.791. The molecule has 1 heterocycles. The zero-order chi connectivity index (χ0) is 14.2. The average Bonchev–Trinajstić information content (AvgIpc) is 2.33. The van der Waals surface area contributed by atoms with Crippen molar-refractivity contribution in [2.75, 3.05) is 11.4 Å². The topological polar surface area (TPSA) is 60.8 Å². The lowest BCUT2D eigenvalue weighted by Gasteiger charge is -2.39. The fourth-order valence-corrected chi connectivity index (χ4v) is 2.66. The summed E-state index contributed by atoms with van der Waals surface area (Å²) in [7, 11) is -1.47. The normalized spacial score (nSPS) is 17.3. The van der Waals surface area contributed by atoms with Crippen LogP contribution in [0.4, 0.5) is 5.69 Å². The van der Waals surface area contributed by atoms with Crippen molar-refractivity contribution in [3.63, 3.8) is 0 Å². The first-order chi connectivity index (χ1) is 8.86. The maximum atomic E-state index is 12.2. The molecule has 1 aliphatic rings. The SMILES string of the molecule is CCCN1C(=O)CC(C)(C)c2cc(B(O)O)ccc21. The second kappa shape index (κ2) is 4.98. The van der Waals surface area contributed by atoms with E-state index in [-0.39, 0.29) is 11.3 Å². The van der Waals surface area contributed by atoms with Crippen LogP contribution in [0.3, 0.4) is 0 Å². The van der Waals surface area contributed by atoms with E-state index in [9.17, 15) is 14.8 Å². The van der Waals surface area contributed by atoms with E-state index in [4.69, 9.17) is 0 Å². The summed E-state index contributed by atoms with van der Waals surface area (Å²) in [5.41, 5.74) is 2.10. The van der Waals surface area contributed by atoms with Crippen molar-refractivity contribution < 1.29 is 14.8 Å². The molecule has 5 heteroatoms. The summed E-state index contributed by atoms with van der Waals surface area (Å²) < 4.78 is 0. The number of amides is 1. The summed E-state index contributed by atoms with van der Waals surface area (Å²) in [4.78, 5) is 14.0. The lowest BCUT2D eigenvalue weighted by Crippen LogP contribution is -2.43. The molecule has 0 fully saturated rings. The minimum absolute atomic E-state index is 0.136. The third-order valence-electron chi connectivity index (χ3n) is 3.68. The van der Waals surface area contributed by atoms with Gasteiger partial charge in [0.15, 0.2) is 0 Å². The molecular weight excluding hydrogens is 241 g/mol. The van der Waals surface area contributed by atoms with Crippen LogP contribution in [0.25, 0.3) is 0 Å². The average molecular weight is 261 g/mol. The molecule has 1 aromatic carbocycles. The van der Waals surface area contributed by atoms with E-state index in [1.54, 1.807) is 17.0 Å². The molecular formula is C14H20BNO3. The number of anilines is 1. The first-order valence-corrected chi connectivity index (χ1v) is 6.67. The Morgan fingerprint density at radius 1 is 1.37 bits per heavy atom. The third kappa shape index (κ3) is 2.53. The van der Waals surface area contributed by atoms with Gasteiger partial charge in [0.25, 0.3) is 0 Å². The predicted molar refractivity (Wildman–Crippen MR) is 76.6 cm³/mol. The van der Waals surface area contributed by atoms with Crippen LogP contribution in [0.1, 0.15) is 39.2 Å². The molecule has 19 heavy (non-hydrogen) atoms. The molecule has 0 radical (unpaired) electrons. The summed E-state index contributed by atoms with van der Waals surface area (Å²) in [6.07, 6.45) is 1.35. The van der Waals surface area contributed by atoms with Gasteiger partial charge in [0.2, 0.25) is 5.91 Å². The Labute approximate surface area is 114 Å². The van der Waals surface area contributed by atoms with Crippen molar-refractivity contribution >= 4 is 24.2 Å². The third-order valence-corrected chi connectivity index (χ3v) is 3.68. The maximum absolute atomic E-state index is 12.2. The highest BCUT2D eigenvalue weighted by Crippen LogP contribution is 2.39. The Morgan fingerprint density at radius 2 is 2.05 bits per heavy atom. The van der Waals surface area contributed by atoms with Gasteiger partial charge < -0.3 is 14.9 Å². The standard InChI is InChI=1S/C14H20BNO3/c1-4-7-16-12-6-5-10(15(18)19)8-11(12)14(2,3)9-13(16)17/h5-6,8,18-19H,4,7,9H2,1-3H3. The number of hydrogen-bond acceptors (Lipinski definition) is 3. The van der Waals surface area contributed by atoms with E-state index >= 15 is 0 Å². The van der Waals surface area contributed by atoms with Crippen LogP contribution in [0.2, 0.25) is 0 Å². The first kappa shape index (κ1) is 14.1. The van der Waals surface area contributed by atoms with Gasteiger partial charge in [-0.25, -0.2) is 0 Å². The van der Waals surface area contributed by atoms with E-state index in [0.29, 0.717) is 18.4 Å². The minimum Gasteiger partial charge on any atom is -0.423 e. The second-order valence-corrected chi connectivity index (χ2v) is 5.76. The Kier molecular flexibility index (Phi) is 3.70. The molecule has 1 aliphatic heterocycles. The van der Waals surface area contributed by atoms with Gasteiger partial charge in [-0.3, -0.25) is 4.79 Å². The zero-order valence-corrected chi connectivity index (χ0v) is 11.7. The maximum Gasteiger partial charge on any atom is 0.488 e. The number of rotatable bonds is 3. The number of fused-ring (bicyclic) bond motifs is 1. The molecule has 0 saturated carbocycles. The van der Waals surface area contributed by atoms with Crippen LogP contribution in [-0.2, 0) is 10.2 Å². The van der Waals surface area contributed by atoms with Gasteiger partial charge >= 0.3 is 7.12 Å². The molecule has 1 amide bonds. The molecule has 1 aromatic rings. The quantitative estimate of drug-likeness (QED) is 0.791. The lowest BCUT2D eigenvalue weighted by atomic mass is 9.72. The van der Waals surface area contributed by atoms with Gasteiger partial charge in [0, 0.05) is 24.1 Å². The largest absolute Gasteiger partial charge is 0.488 e. The van der Waals surface area contributed by atoms with Gasteiger partial charge in [0.1, 0.15) is 0 Å². The minimum atomic E-state index is -1.47. The van der Waals surface area contributed by atoms with Gasteiger partial charge in [-0.2, -0.15) is 0 Å². The molecule has 0 bridgehead atoms. The van der Waals surface area contributed by atoms with Crippen molar-refractivity contribution in [1.29, 1.82) is 0 Å². The van der Waals surface area contributed by atoms with Crippen LogP contribution >= 0.6 is 0 Å². The van der Waals surface area contributed by atoms with Crippen molar-refractivity contribution in [2.45, 2.75) is 39.0 Å². The molecule has 0 atom stereocenters. The number of carbonyl (C=O) groups excluding carboxylic acids is 1. The molecule has 102 valence electrons. The van der Waals surface area contributed by atoms with Crippen LogP contribution in [-0.4, -0.2) is 29.6 Å². The van der Waals surface area contributed by atoms with E-state index in [1.165, 1.54) is 0 Å². The van der Waals surface area contributed by atoms with Crippen LogP contribution < -0.4 is 10.4 Å². The van der Waals surface area contributed by atoms with E-state index in [0.717, 1.165) is 17.7 Å². The fraction of sp³-hybridized carbons (Fsp3) is 0.500. The first-order valence-electron chi connectivity index (χ1n) is 6.67. The van der Waals surface area contributed by atoms with E-state index < -0.39 is 7.12 Å². The summed E-state index contributed by atoms with van der Waals surface area (Å²) in [5, 5.41) is 18.6. The molecule has 0 aromatic heterocycles. The Morgan fingerprint density at radius 3 is 2.63 bits per heavy atom. The number of benzene rings is 1. The van der Waals surface area contributed by atoms with Gasteiger partial charge in [-0.1, -0.05) is 32.9 Å². The van der Waals surface area contributed by atoms with Crippen molar-refractivity contribution in [3.05, 3.63) is 23.8 Å². The monoisotopic (exact) mass is 261 g/mol. The molecule has 0 aliphatic carbocycles. The van der Waals surface area contributed by atoms with Gasteiger partial charge in [-0.15, -0.1) is 0 Å². The Balaban J connectivity index is 2.54. The van der Waals surface area contributed by atoms with Gasteiger partial charge in [-0.05, 0) is 23.5 Å². The molecule has 4 nitrogen and oxygen atoms in total. The van der Waals surface area contributed by atoms with Crippen molar-refractivity contribution in [1.82, 2.24) is 0 Å².